The van der Waals surface area contributed by atoms with E-state index in [0.29, 0.717) is 5.92 Å². The van der Waals surface area contributed by atoms with Gasteiger partial charge in [-0.05, 0) is 29.9 Å². The third-order valence-electron chi connectivity index (χ3n) is 2.84. The van der Waals surface area contributed by atoms with Gasteiger partial charge < -0.3 is 5.32 Å². The Morgan fingerprint density at radius 3 is 2.64 bits per heavy atom. The molecular formula is C13H19N. The first kappa shape index (κ1) is 9.72. The van der Waals surface area contributed by atoms with E-state index in [9.17, 15) is 0 Å². The van der Waals surface area contributed by atoms with Gasteiger partial charge in [-0.1, -0.05) is 38.1 Å². The minimum atomic E-state index is 0.632. The minimum Gasteiger partial charge on any atom is -0.310 e. The summed E-state index contributed by atoms with van der Waals surface area (Å²) in [6, 6.07) is 9.56. The Labute approximate surface area is 86.5 Å². The molecule has 0 amide bonds. The minimum absolute atomic E-state index is 0.632. The molecular weight excluding hydrogens is 170 g/mol. The van der Waals surface area contributed by atoms with Gasteiger partial charge in [-0.3, -0.25) is 0 Å². The largest absolute Gasteiger partial charge is 0.310 e. The average molecular weight is 189 g/mol. The van der Waals surface area contributed by atoms with E-state index in [4.69, 9.17) is 0 Å². The molecule has 1 aromatic rings. The molecule has 1 aliphatic rings. The van der Waals surface area contributed by atoms with E-state index in [1.165, 1.54) is 24.0 Å². The predicted molar refractivity (Wildman–Crippen MR) is 60.4 cm³/mol. The van der Waals surface area contributed by atoms with Gasteiger partial charge in [0.15, 0.2) is 0 Å². The van der Waals surface area contributed by atoms with Crippen molar-refractivity contribution in [1.29, 1.82) is 0 Å². The molecule has 0 spiro atoms. The van der Waals surface area contributed by atoms with Gasteiger partial charge in [-0.25, -0.2) is 0 Å². The highest BCUT2D eigenvalue weighted by Gasteiger charge is 2.20. The lowest BCUT2D eigenvalue weighted by Gasteiger charge is -2.12. The first-order valence-electron chi connectivity index (χ1n) is 5.58. The molecule has 1 nitrogen and oxygen atoms in total. The van der Waals surface area contributed by atoms with Crippen LogP contribution in [0.5, 0.6) is 0 Å². The van der Waals surface area contributed by atoms with Crippen LogP contribution in [-0.4, -0.2) is 6.04 Å². The van der Waals surface area contributed by atoms with Crippen molar-refractivity contribution in [3.05, 3.63) is 35.4 Å². The normalized spacial score (nSPS) is 16.2. The van der Waals surface area contributed by atoms with Gasteiger partial charge in [-0.2, -0.15) is 0 Å². The maximum Gasteiger partial charge on any atom is 0.0210 e. The monoisotopic (exact) mass is 189 g/mol. The van der Waals surface area contributed by atoms with Gasteiger partial charge in [0.25, 0.3) is 0 Å². The molecule has 76 valence electrons. The van der Waals surface area contributed by atoms with E-state index >= 15 is 0 Å². The fourth-order valence-electron chi connectivity index (χ4n) is 1.80. The zero-order valence-corrected chi connectivity index (χ0v) is 9.09. The Bertz CT molecular complexity index is 300. The highest BCUT2D eigenvalue weighted by molar-refractivity contribution is 5.29. The molecule has 0 aliphatic heterocycles. The summed E-state index contributed by atoms with van der Waals surface area (Å²) in [5.41, 5.74) is 2.95. The number of hydrogen-bond donors (Lipinski definition) is 1. The molecule has 1 aliphatic carbocycles. The predicted octanol–water partition coefficient (Wildman–Crippen LogP) is 3.06. The van der Waals surface area contributed by atoms with Crippen LogP contribution in [0.2, 0.25) is 0 Å². The van der Waals surface area contributed by atoms with Crippen LogP contribution in [0.15, 0.2) is 24.3 Å². The van der Waals surface area contributed by atoms with E-state index in [2.05, 4.69) is 43.4 Å². The zero-order chi connectivity index (χ0) is 9.97. The number of nitrogens with one attached hydrogen (secondary N) is 1. The SMILES string of the molecule is CC(C)c1ccccc1CNC1CC1. The summed E-state index contributed by atoms with van der Waals surface area (Å²) >= 11 is 0. The smallest absolute Gasteiger partial charge is 0.0210 e. The van der Waals surface area contributed by atoms with Gasteiger partial charge in [0.05, 0.1) is 0 Å². The van der Waals surface area contributed by atoms with Crippen LogP contribution in [0.1, 0.15) is 43.7 Å². The Morgan fingerprint density at radius 2 is 2.00 bits per heavy atom. The zero-order valence-electron chi connectivity index (χ0n) is 9.09. The first-order chi connectivity index (χ1) is 6.77. The van der Waals surface area contributed by atoms with Crippen molar-refractivity contribution in [3.63, 3.8) is 0 Å². The molecule has 1 fully saturated rings. The molecule has 14 heavy (non-hydrogen) atoms. The molecule has 0 atom stereocenters. The fourth-order valence-corrected chi connectivity index (χ4v) is 1.80. The number of benzene rings is 1. The third-order valence-corrected chi connectivity index (χ3v) is 2.84. The van der Waals surface area contributed by atoms with Gasteiger partial charge in [0, 0.05) is 12.6 Å². The molecule has 0 saturated heterocycles. The van der Waals surface area contributed by atoms with Crippen LogP contribution in [0.25, 0.3) is 0 Å². The summed E-state index contributed by atoms with van der Waals surface area (Å²) in [5.74, 6) is 0.632. The van der Waals surface area contributed by atoms with Crippen LogP contribution in [0.3, 0.4) is 0 Å². The maximum absolute atomic E-state index is 3.57. The summed E-state index contributed by atoms with van der Waals surface area (Å²) in [4.78, 5) is 0. The van der Waals surface area contributed by atoms with Crippen LogP contribution >= 0.6 is 0 Å². The molecule has 1 N–H and O–H groups in total. The second-order valence-corrected chi connectivity index (χ2v) is 4.51. The van der Waals surface area contributed by atoms with Gasteiger partial charge in [0.1, 0.15) is 0 Å². The lowest BCUT2D eigenvalue weighted by atomic mass is 9.97. The van der Waals surface area contributed by atoms with Crippen LogP contribution in [0, 0.1) is 0 Å². The van der Waals surface area contributed by atoms with Gasteiger partial charge in [-0.15, -0.1) is 0 Å². The Kier molecular flexibility index (Phi) is 2.87. The third kappa shape index (κ3) is 2.36. The summed E-state index contributed by atoms with van der Waals surface area (Å²) < 4.78 is 0. The standard InChI is InChI=1S/C13H19N/c1-10(2)13-6-4-3-5-11(13)9-14-12-7-8-12/h3-6,10,12,14H,7-9H2,1-2H3. The summed E-state index contributed by atoms with van der Waals surface area (Å²) in [6.07, 6.45) is 2.73. The molecule has 0 bridgehead atoms. The first-order valence-corrected chi connectivity index (χ1v) is 5.58. The molecule has 0 aromatic heterocycles. The average Bonchev–Trinajstić information content (AvgIpc) is 2.98. The van der Waals surface area contributed by atoms with Crippen molar-refractivity contribution in [3.8, 4) is 0 Å². The summed E-state index contributed by atoms with van der Waals surface area (Å²) in [6.45, 7) is 5.56. The highest BCUT2D eigenvalue weighted by Crippen LogP contribution is 2.22. The molecule has 0 heterocycles. The van der Waals surface area contributed by atoms with Crippen molar-refractivity contribution in [2.24, 2.45) is 0 Å². The molecule has 1 aromatic carbocycles. The van der Waals surface area contributed by atoms with E-state index < -0.39 is 0 Å². The Hall–Kier alpha value is -0.820. The highest BCUT2D eigenvalue weighted by atomic mass is 14.9. The summed E-state index contributed by atoms with van der Waals surface area (Å²) in [5, 5.41) is 3.57. The molecule has 0 unspecified atom stereocenters. The van der Waals surface area contributed by atoms with E-state index in [0.717, 1.165) is 12.6 Å². The second-order valence-electron chi connectivity index (χ2n) is 4.51. The van der Waals surface area contributed by atoms with Crippen molar-refractivity contribution < 1.29 is 0 Å². The van der Waals surface area contributed by atoms with E-state index in [-0.39, 0.29) is 0 Å². The van der Waals surface area contributed by atoms with Crippen molar-refractivity contribution >= 4 is 0 Å². The molecule has 1 heteroatoms. The molecule has 0 radical (unpaired) electrons. The fraction of sp³-hybridized carbons (Fsp3) is 0.538. The van der Waals surface area contributed by atoms with E-state index in [1.54, 1.807) is 0 Å². The maximum atomic E-state index is 3.57. The topological polar surface area (TPSA) is 12.0 Å². The molecule has 1 saturated carbocycles. The van der Waals surface area contributed by atoms with Crippen molar-refractivity contribution in [2.75, 3.05) is 0 Å². The van der Waals surface area contributed by atoms with E-state index in [1.807, 2.05) is 0 Å². The summed E-state index contributed by atoms with van der Waals surface area (Å²) in [7, 11) is 0. The van der Waals surface area contributed by atoms with Crippen molar-refractivity contribution in [1.82, 2.24) is 5.32 Å². The Morgan fingerprint density at radius 1 is 1.29 bits per heavy atom. The number of hydrogen-bond acceptors (Lipinski definition) is 1. The lowest BCUT2D eigenvalue weighted by Crippen LogP contribution is -2.16. The second kappa shape index (κ2) is 4.14. The van der Waals surface area contributed by atoms with Crippen LogP contribution in [-0.2, 0) is 6.54 Å². The van der Waals surface area contributed by atoms with Crippen LogP contribution < -0.4 is 5.32 Å². The lowest BCUT2D eigenvalue weighted by molar-refractivity contribution is 0.676. The van der Waals surface area contributed by atoms with Crippen LogP contribution in [0.4, 0.5) is 0 Å². The molecule has 2 rings (SSSR count). The van der Waals surface area contributed by atoms with Crippen molar-refractivity contribution in [2.45, 2.75) is 45.2 Å². The van der Waals surface area contributed by atoms with Gasteiger partial charge in [0.2, 0.25) is 0 Å². The quantitative estimate of drug-likeness (QED) is 0.767. The Balaban J connectivity index is 2.05. The van der Waals surface area contributed by atoms with Gasteiger partial charge >= 0.3 is 0 Å². The number of rotatable bonds is 4.